The van der Waals surface area contributed by atoms with Crippen molar-refractivity contribution in [1.82, 2.24) is 4.98 Å². The molecule has 0 fully saturated rings. The minimum Gasteiger partial charge on any atom is -0.377 e. The Morgan fingerprint density at radius 1 is 1.11 bits per heavy atom. The van der Waals surface area contributed by atoms with Crippen molar-refractivity contribution in [3.63, 3.8) is 0 Å². The van der Waals surface area contributed by atoms with Gasteiger partial charge < -0.3 is 15.6 Å². The Balaban J connectivity index is 2.25. The Morgan fingerprint density at radius 3 is 2.53 bits per heavy atom. The fraction of sp³-hybridized carbons (Fsp3) is 0.214. The van der Waals surface area contributed by atoms with Gasteiger partial charge >= 0.3 is 0 Å². The molecule has 0 saturated heterocycles. The van der Waals surface area contributed by atoms with E-state index in [0.717, 1.165) is 11.4 Å². The van der Waals surface area contributed by atoms with Crippen LogP contribution in [0.15, 0.2) is 36.5 Å². The second-order valence-electron chi connectivity index (χ2n) is 4.59. The molecular formula is C14H19N5. The van der Waals surface area contributed by atoms with Crippen molar-refractivity contribution in [2.45, 2.75) is 6.92 Å². The average Bonchev–Trinajstić information content (AvgIpc) is 2.41. The predicted octanol–water partition coefficient (Wildman–Crippen LogP) is 2.49. The Labute approximate surface area is 113 Å². The summed E-state index contributed by atoms with van der Waals surface area (Å²) in [4.78, 5) is 6.17. The molecule has 4 N–H and O–H groups in total. The molecule has 0 spiro atoms. The van der Waals surface area contributed by atoms with Crippen molar-refractivity contribution in [3.05, 3.63) is 42.1 Å². The standard InChI is InChI=1S/C14H19N5/c1-10-4-5-11(8-13(10)19(2)3)17-12-6-7-16-14(9-12)18-15/h4-9H,15H2,1-3H3,(H2,16,17,18). The summed E-state index contributed by atoms with van der Waals surface area (Å²) in [6.07, 6.45) is 1.71. The topological polar surface area (TPSA) is 66.2 Å². The summed E-state index contributed by atoms with van der Waals surface area (Å²) >= 11 is 0. The molecule has 5 nitrogen and oxygen atoms in total. The number of nitrogens with zero attached hydrogens (tertiary/aromatic N) is 2. The summed E-state index contributed by atoms with van der Waals surface area (Å²) in [5.41, 5.74) is 6.94. The lowest BCUT2D eigenvalue weighted by Gasteiger charge is -2.17. The number of nitrogens with two attached hydrogens (primary N) is 1. The van der Waals surface area contributed by atoms with Crippen molar-refractivity contribution in [2.24, 2.45) is 5.84 Å². The summed E-state index contributed by atoms with van der Waals surface area (Å²) < 4.78 is 0. The number of pyridine rings is 1. The molecule has 0 radical (unpaired) electrons. The van der Waals surface area contributed by atoms with Crippen LogP contribution in [0.3, 0.4) is 0 Å². The van der Waals surface area contributed by atoms with Crippen molar-refractivity contribution < 1.29 is 0 Å². The van der Waals surface area contributed by atoms with Crippen LogP contribution in [0, 0.1) is 6.92 Å². The third kappa shape index (κ3) is 3.14. The van der Waals surface area contributed by atoms with Gasteiger partial charge in [-0.1, -0.05) is 6.07 Å². The third-order valence-electron chi connectivity index (χ3n) is 2.89. The summed E-state index contributed by atoms with van der Waals surface area (Å²) in [6, 6.07) is 10.0. The SMILES string of the molecule is Cc1ccc(Nc2ccnc(NN)c2)cc1N(C)C. The second kappa shape index (κ2) is 5.58. The van der Waals surface area contributed by atoms with Crippen molar-refractivity contribution in [3.8, 4) is 0 Å². The van der Waals surface area contributed by atoms with Crippen LogP contribution in [0.5, 0.6) is 0 Å². The normalized spacial score (nSPS) is 10.1. The zero-order valence-corrected chi connectivity index (χ0v) is 11.4. The molecule has 0 aliphatic heterocycles. The monoisotopic (exact) mass is 257 g/mol. The summed E-state index contributed by atoms with van der Waals surface area (Å²) in [5.74, 6) is 5.98. The molecule has 5 heteroatoms. The molecule has 0 unspecified atom stereocenters. The number of nitrogens with one attached hydrogen (secondary N) is 2. The van der Waals surface area contributed by atoms with Gasteiger partial charge in [0.1, 0.15) is 5.82 Å². The minimum absolute atomic E-state index is 0.630. The van der Waals surface area contributed by atoms with Gasteiger partial charge in [0, 0.05) is 43.4 Å². The number of nitrogen functional groups attached to an aromatic ring is 1. The van der Waals surface area contributed by atoms with E-state index in [0.29, 0.717) is 5.82 Å². The van der Waals surface area contributed by atoms with E-state index < -0.39 is 0 Å². The van der Waals surface area contributed by atoms with Gasteiger partial charge in [-0.05, 0) is 30.7 Å². The minimum atomic E-state index is 0.630. The summed E-state index contributed by atoms with van der Waals surface area (Å²) in [5, 5.41) is 3.34. The fourth-order valence-electron chi connectivity index (χ4n) is 1.92. The Morgan fingerprint density at radius 2 is 1.84 bits per heavy atom. The van der Waals surface area contributed by atoms with Gasteiger partial charge in [0.25, 0.3) is 0 Å². The predicted molar refractivity (Wildman–Crippen MR) is 80.8 cm³/mol. The first-order valence-corrected chi connectivity index (χ1v) is 6.08. The third-order valence-corrected chi connectivity index (χ3v) is 2.89. The number of benzene rings is 1. The van der Waals surface area contributed by atoms with Gasteiger partial charge in [-0.2, -0.15) is 0 Å². The molecule has 0 aliphatic carbocycles. The average molecular weight is 257 g/mol. The van der Waals surface area contributed by atoms with Gasteiger partial charge in [0.05, 0.1) is 0 Å². The van der Waals surface area contributed by atoms with Gasteiger partial charge in [0.15, 0.2) is 0 Å². The summed E-state index contributed by atoms with van der Waals surface area (Å²) in [6.45, 7) is 2.10. The van der Waals surface area contributed by atoms with E-state index in [4.69, 9.17) is 5.84 Å². The van der Waals surface area contributed by atoms with Crippen LogP contribution in [0.4, 0.5) is 22.9 Å². The second-order valence-corrected chi connectivity index (χ2v) is 4.59. The molecule has 0 amide bonds. The van der Waals surface area contributed by atoms with Gasteiger partial charge in [-0.25, -0.2) is 10.8 Å². The van der Waals surface area contributed by atoms with Crippen LogP contribution < -0.4 is 21.5 Å². The van der Waals surface area contributed by atoms with Crippen LogP contribution in [0.25, 0.3) is 0 Å². The molecule has 2 aromatic rings. The number of rotatable bonds is 4. The van der Waals surface area contributed by atoms with Crippen LogP contribution in [-0.2, 0) is 0 Å². The van der Waals surface area contributed by atoms with E-state index >= 15 is 0 Å². The smallest absolute Gasteiger partial charge is 0.141 e. The molecule has 0 saturated carbocycles. The quantitative estimate of drug-likeness (QED) is 0.580. The maximum Gasteiger partial charge on any atom is 0.141 e. The number of hydrogen-bond acceptors (Lipinski definition) is 5. The van der Waals surface area contributed by atoms with Crippen LogP contribution in [0.2, 0.25) is 0 Å². The lowest BCUT2D eigenvalue weighted by atomic mass is 10.1. The molecule has 19 heavy (non-hydrogen) atoms. The lowest BCUT2D eigenvalue weighted by molar-refractivity contribution is 1.11. The van der Waals surface area contributed by atoms with Crippen LogP contribution in [0.1, 0.15) is 5.56 Å². The molecule has 1 aromatic carbocycles. The first-order chi connectivity index (χ1) is 9.10. The highest BCUT2D eigenvalue weighted by molar-refractivity contribution is 5.68. The first-order valence-electron chi connectivity index (χ1n) is 6.08. The Kier molecular flexibility index (Phi) is 3.87. The van der Waals surface area contributed by atoms with Crippen LogP contribution >= 0.6 is 0 Å². The zero-order chi connectivity index (χ0) is 13.8. The molecule has 0 atom stereocenters. The Hall–Kier alpha value is -2.27. The number of hydrogen-bond donors (Lipinski definition) is 3. The van der Waals surface area contributed by atoms with E-state index in [-0.39, 0.29) is 0 Å². The number of aromatic nitrogens is 1. The van der Waals surface area contributed by atoms with Gasteiger partial charge in [0.2, 0.25) is 0 Å². The molecular weight excluding hydrogens is 238 g/mol. The lowest BCUT2D eigenvalue weighted by Crippen LogP contribution is -2.10. The highest BCUT2D eigenvalue weighted by Crippen LogP contribution is 2.25. The fourth-order valence-corrected chi connectivity index (χ4v) is 1.92. The first kappa shape index (κ1) is 13.2. The molecule has 0 aliphatic rings. The van der Waals surface area contributed by atoms with E-state index in [1.807, 2.05) is 26.2 Å². The number of hydrazine groups is 1. The molecule has 2 rings (SSSR count). The number of aryl methyl sites for hydroxylation is 1. The van der Waals surface area contributed by atoms with Gasteiger partial charge in [-0.3, -0.25) is 0 Å². The molecule has 100 valence electrons. The number of anilines is 4. The van der Waals surface area contributed by atoms with Gasteiger partial charge in [-0.15, -0.1) is 0 Å². The molecule has 0 bridgehead atoms. The maximum absolute atomic E-state index is 5.35. The van der Waals surface area contributed by atoms with Crippen molar-refractivity contribution in [1.29, 1.82) is 0 Å². The van der Waals surface area contributed by atoms with Crippen LogP contribution in [-0.4, -0.2) is 19.1 Å². The zero-order valence-electron chi connectivity index (χ0n) is 11.4. The summed E-state index contributed by atoms with van der Waals surface area (Å²) in [7, 11) is 4.07. The van der Waals surface area contributed by atoms with Crippen molar-refractivity contribution >= 4 is 22.9 Å². The van der Waals surface area contributed by atoms with E-state index in [1.54, 1.807) is 6.20 Å². The highest BCUT2D eigenvalue weighted by atomic mass is 15.2. The molecule has 1 heterocycles. The Bertz CT molecular complexity index is 566. The molecule has 1 aromatic heterocycles. The largest absolute Gasteiger partial charge is 0.377 e. The van der Waals surface area contributed by atoms with E-state index in [9.17, 15) is 0 Å². The van der Waals surface area contributed by atoms with Crippen molar-refractivity contribution in [2.75, 3.05) is 29.7 Å². The van der Waals surface area contributed by atoms with E-state index in [2.05, 4.69) is 45.7 Å². The van der Waals surface area contributed by atoms with E-state index in [1.165, 1.54) is 11.3 Å². The maximum atomic E-state index is 5.35. The highest BCUT2D eigenvalue weighted by Gasteiger charge is 2.03.